The van der Waals surface area contributed by atoms with Crippen LogP contribution in [0.25, 0.3) is 0 Å². The number of carbonyl (C=O) groups excluding carboxylic acids is 1. The van der Waals surface area contributed by atoms with E-state index in [-0.39, 0.29) is 18.3 Å². The zero-order valence-corrected chi connectivity index (χ0v) is 15.3. The van der Waals surface area contributed by atoms with Gasteiger partial charge in [-0.05, 0) is 30.7 Å². The molecule has 1 aromatic carbocycles. The summed E-state index contributed by atoms with van der Waals surface area (Å²) in [6.45, 7) is 5.98. The van der Waals surface area contributed by atoms with Gasteiger partial charge in [-0.15, -0.1) is 0 Å². The zero-order chi connectivity index (χ0) is 16.2. The second kappa shape index (κ2) is 8.90. The molecule has 0 saturated carbocycles. The molecule has 2 fully saturated rings. The number of likely N-dealkylation sites (tertiary alicyclic amines) is 1. The monoisotopic (exact) mass is 373 g/mol. The van der Waals surface area contributed by atoms with Crippen LogP contribution in [0, 0.1) is 0 Å². The molecule has 1 atom stereocenters. The summed E-state index contributed by atoms with van der Waals surface area (Å²) in [6.07, 6.45) is 1.14. The van der Waals surface area contributed by atoms with E-state index >= 15 is 0 Å². The van der Waals surface area contributed by atoms with Crippen LogP contribution in [-0.2, 0) is 4.79 Å². The molecule has 1 amide bonds. The normalized spacial score (nSPS) is 20.2. The molecule has 0 radical (unpaired) electrons. The molecule has 0 aliphatic carbocycles. The molecule has 134 valence electrons. The lowest BCUT2D eigenvalue weighted by Crippen LogP contribution is -3.16. The molecule has 1 aromatic rings. The van der Waals surface area contributed by atoms with E-state index in [1.807, 2.05) is 12.1 Å². The van der Waals surface area contributed by atoms with Crippen molar-refractivity contribution < 1.29 is 27.2 Å². The van der Waals surface area contributed by atoms with Crippen molar-refractivity contribution in [2.24, 2.45) is 0 Å². The average molecular weight is 374 g/mol. The summed E-state index contributed by atoms with van der Waals surface area (Å²) in [6, 6.07) is 7.96. The fourth-order valence-corrected chi connectivity index (χ4v) is 3.61. The Bertz CT molecular complexity index is 533. The van der Waals surface area contributed by atoms with Crippen LogP contribution in [0.5, 0.6) is 0 Å². The maximum absolute atomic E-state index is 11.6. The van der Waals surface area contributed by atoms with Gasteiger partial charge < -0.3 is 32.2 Å². The number of quaternary nitrogens is 1. The number of anilines is 1. The maximum atomic E-state index is 11.6. The Morgan fingerprint density at radius 3 is 2.42 bits per heavy atom. The second-order valence-electron chi connectivity index (χ2n) is 6.51. The molecule has 2 aliphatic rings. The summed E-state index contributed by atoms with van der Waals surface area (Å²) in [7, 11) is 0. The Labute approximate surface area is 154 Å². The number of rotatable bonds is 5. The number of nitrogens with zero attached hydrogens (tertiary/aromatic N) is 2. The smallest absolute Gasteiger partial charge is 0.222 e. The number of β-amino-alcohol motifs (C(OH)–C–C–N with tert-alkyl or cyclic N) is 1. The topological polar surface area (TPSA) is 48.2 Å². The lowest BCUT2D eigenvalue weighted by Gasteiger charge is -2.34. The Balaban J connectivity index is 0.00000208. The number of amides is 1. The number of aliphatic hydroxyl groups is 1. The molecule has 1 unspecified atom stereocenters. The molecule has 2 aliphatic heterocycles. The van der Waals surface area contributed by atoms with E-state index in [1.54, 1.807) is 4.90 Å². The van der Waals surface area contributed by atoms with Gasteiger partial charge in [0.15, 0.2) is 0 Å². The van der Waals surface area contributed by atoms with Gasteiger partial charge in [-0.1, -0.05) is 11.6 Å². The first kappa shape index (κ1) is 19.3. The number of hydrogen-bond acceptors (Lipinski definition) is 3. The Morgan fingerprint density at radius 1 is 1.17 bits per heavy atom. The van der Waals surface area contributed by atoms with Crippen molar-refractivity contribution in [3.05, 3.63) is 29.3 Å². The predicted octanol–water partition coefficient (Wildman–Crippen LogP) is -2.97. The molecule has 0 aromatic heterocycles. The molecule has 0 bridgehead atoms. The quantitative estimate of drug-likeness (QED) is 0.579. The molecular weight excluding hydrogens is 349 g/mol. The summed E-state index contributed by atoms with van der Waals surface area (Å²) in [5.41, 5.74) is 1.21. The van der Waals surface area contributed by atoms with Crippen LogP contribution in [-0.4, -0.2) is 67.8 Å². The summed E-state index contributed by atoms with van der Waals surface area (Å²) in [4.78, 5) is 17.2. The molecular formula is C17H25Cl2N3O2. The van der Waals surface area contributed by atoms with Gasteiger partial charge in [-0.25, -0.2) is 0 Å². The van der Waals surface area contributed by atoms with Crippen LogP contribution >= 0.6 is 11.6 Å². The van der Waals surface area contributed by atoms with Gasteiger partial charge in [0.2, 0.25) is 5.91 Å². The molecule has 7 heteroatoms. The van der Waals surface area contributed by atoms with E-state index in [0.29, 0.717) is 13.0 Å². The predicted molar refractivity (Wildman–Crippen MR) is 91.0 cm³/mol. The van der Waals surface area contributed by atoms with Crippen molar-refractivity contribution in [2.75, 3.05) is 50.7 Å². The highest BCUT2D eigenvalue weighted by Gasteiger charge is 2.26. The van der Waals surface area contributed by atoms with Crippen LogP contribution in [0.3, 0.4) is 0 Å². The summed E-state index contributed by atoms with van der Waals surface area (Å²) in [5.74, 6) is 0.187. The van der Waals surface area contributed by atoms with E-state index in [4.69, 9.17) is 11.6 Å². The lowest BCUT2D eigenvalue weighted by molar-refractivity contribution is -0.903. The largest absolute Gasteiger partial charge is 1.00 e. The summed E-state index contributed by atoms with van der Waals surface area (Å²) < 4.78 is 0. The Kier molecular flexibility index (Phi) is 7.16. The number of benzene rings is 1. The van der Waals surface area contributed by atoms with Crippen molar-refractivity contribution in [1.29, 1.82) is 0 Å². The first-order valence-corrected chi connectivity index (χ1v) is 8.79. The highest BCUT2D eigenvalue weighted by atomic mass is 35.5. The van der Waals surface area contributed by atoms with Crippen molar-refractivity contribution in [2.45, 2.75) is 18.9 Å². The van der Waals surface area contributed by atoms with E-state index in [2.05, 4.69) is 17.0 Å². The molecule has 5 nitrogen and oxygen atoms in total. The van der Waals surface area contributed by atoms with Gasteiger partial charge in [0.1, 0.15) is 12.6 Å². The third kappa shape index (κ3) is 4.99. The third-order valence-corrected chi connectivity index (χ3v) is 5.04. The van der Waals surface area contributed by atoms with Gasteiger partial charge >= 0.3 is 0 Å². The molecule has 3 rings (SSSR count). The summed E-state index contributed by atoms with van der Waals surface area (Å²) in [5, 5.41) is 11.0. The lowest BCUT2D eigenvalue weighted by atomic mass is 10.2. The number of halogens is 2. The third-order valence-electron chi connectivity index (χ3n) is 4.79. The van der Waals surface area contributed by atoms with Crippen LogP contribution in [0.2, 0.25) is 5.02 Å². The van der Waals surface area contributed by atoms with Crippen LogP contribution in [0.1, 0.15) is 12.8 Å². The van der Waals surface area contributed by atoms with Crippen LogP contribution < -0.4 is 22.2 Å². The molecule has 24 heavy (non-hydrogen) atoms. The summed E-state index contributed by atoms with van der Waals surface area (Å²) >= 11 is 5.93. The Morgan fingerprint density at radius 2 is 1.83 bits per heavy atom. The van der Waals surface area contributed by atoms with Gasteiger partial charge in [0.25, 0.3) is 0 Å². The second-order valence-corrected chi connectivity index (χ2v) is 6.95. The van der Waals surface area contributed by atoms with Crippen molar-refractivity contribution in [3.8, 4) is 0 Å². The number of nitrogens with one attached hydrogen (secondary N) is 1. The Hall–Kier alpha value is -1.01. The minimum absolute atomic E-state index is 0. The van der Waals surface area contributed by atoms with Gasteiger partial charge in [0.05, 0.1) is 32.7 Å². The number of carbonyl (C=O) groups is 1. The van der Waals surface area contributed by atoms with Crippen LogP contribution in [0.4, 0.5) is 5.69 Å². The molecule has 0 spiro atoms. The standard InChI is InChI=1S/C17H24ClN3O2.ClH/c18-14-3-5-15(6-4-14)20-10-8-19(9-11-20)12-16(22)13-21-7-1-2-17(21)23;/h3-6,16,22H,1-2,7-13H2;1H. The highest BCUT2D eigenvalue weighted by Crippen LogP contribution is 2.17. The van der Waals surface area contributed by atoms with E-state index in [9.17, 15) is 9.90 Å². The van der Waals surface area contributed by atoms with Crippen LogP contribution in [0.15, 0.2) is 24.3 Å². The fourth-order valence-electron chi connectivity index (χ4n) is 3.49. The molecule has 2 N–H and O–H groups in total. The molecule has 2 heterocycles. The fraction of sp³-hybridized carbons (Fsp3) is 0.588. The minimum atomic E-state index is -0.422. The van der Waals surface area contributed by atoms with Crippen molar-refractivity contribution >= 4 is 23.2 Å². The van der Waals surface area contributed by atoms with Gasteiger partial charge in [-0.2, -0.15) is 0 Å². The zero-order valence-electron chi connectivity index (χ0n) is 13.8. The number of aliphatic hydroxyl groups excluding tert-OH is 1. The minimum Gasteiger partial charge on any atom is -1.00 e. The van der Waals surface area contributed by atoms with Gasteiger partial charge in [0, 0.05) is 23.7 Å². The van der Waals surface area contributed by atoms with E-state index in [0.717, 1.165) is 50.7 Å². The first-order chi connectivity index (χ1) is 11.1. The number of piperazine rings is 1. The van der Waals surface area contributed by atoms with Crippen molar-refractivity contribution in [3.63, 3.8) is 0 Å². The maximum Gasteiger partial charge on any atom is 0.222 e. The van der Waals surface area contributed by atoms with Crippen molar-refractivity contribution in [1.82, 2.24) is 4.90 Å². The molecule has 2 saturated heterocycles. The highest BCUT2D eigenvalue weighted by molar-refractivity contribution is 6.30. The van der Waals surface area contributed by atoms with E-state index in [1.165, 1.54) is 10.6 Å². The first-order valence-electron chi connectivity index (χ1n) is 8.42. The average Bonchev–Trinajstić information content (AvgIpc) is 2.94. The number of hydrogen-bond donors (Lipinski definition) is 2. The SMILES string of the molecule is O=C1CCCN1CC(O)C[NH+]1CCN(c2ccc(Cl)cc2)CC1.[Cl-]. The van der Waals surface area contributed by atoms with Gasteiger partial charge in [-0.3, -0.25) is 4.79 Å². The van der Waals surface area contributed by atoms with E-state index < -0.39 is 6.10 Å².